The number of halogens is 1. The lowest BCUT2D eigenvalue weighted by molar-refractivity contribution is -0.106. The number of nitrogens with zero attached hydrogens (tertiary/aromatic N) is 1. The molecular formula is C9H12ClNO3. The van der Waals surface area contributed by atoms with Gasteiger partial charge in [-0.1, -0.05) is 11.6 Å². The Bertz CT molecular complexity index is 302. The summed E-state index contributed by atoms with van der Waals surface area (Å²) in [5.74, 6) is 0.463. The van der Waals surface area contributed by atoms with Crippen molar-refractivity contribution in [3.63, 3.8) is 0 Å². The Kier molecular flexibility index (Phi) is 4.13. The van der Waals surface area contributed by atoms with Crippen molar-refractivity contribution in [2.45, 2.75) is 6.29 Å². The fourth-order valence-electron chi connectivity index (χ4n) is 1.07. The molecule has 0 unspecified atom stereocenters. The summed E-state index contributed by atoms with van der Waals surface area (Å²) in [6.45, 7) is 0. The van der Waals surface area contributed by atoms with Gasteiger partial charge < -0.3 is 14.2 Å². The second-order valence-electron chi connectivity index (χ2n) is 2.54. The van der Waals surface area contributed by atoms with Crippen LogP contribution in [0.1, 0.15) is 11.9 Å². The van der Waals surface area contributed by atoms with Crippen LogP contribution >= 0.6 is 11.6 Å². The number of hydrogen-bond donors (Lipinski definition) is 0. The van der Waals surface area contributed by atoms with Crippen LogP contribution in [0.25, 0.3) is 0 Å². The van der Waals surface area contributed by atoms with Gasteiger partial charge in [-0.05, 0) is 6.07 Å². The van der Waals surface area contributed by atoms with E-state index in [1.54, 1.807) is 12.1 Å². The Morgan fingerprint density at radius 2 is 1.86 bits per heavy atom. The zero-order valence-corrected chi connectivity index (χ0v) is 9.04. The lowest BCUT2D eigenvalue weighted by atomic mass is 10.3. The molecule has 4 nitrogen and oxygen atoms in total. The van der Waals surface area contributed by atoms with Crippen LogP contribution in [0.3, 0.4) is 0 Å². The molecule has 0 spiro atoms. The second-order valence-corrected chi connectivity index (χ2v) is 2.89. The maximum atomic E-state index is 5.91. The van der Waals surface area contributed by atoms with Gasteiger partial charge in [0.05, 0.1) is 7.11 Å². The molecule has 5 heteroatoms. The van der Waals surface area contributed by atoms with Gasteiger partial charge >= 0.3 is 0 Å². The van der Waals surface area contributed by atoms with E-state index in [2.05, 4.69) is 4.98 Å². The van der Waals surface area contributed by atoms with E-state index in [9.17, 15) is 0 Å². The molecule has 0 amide bonds. The van der Waals surface area contributed by atoms with Gasteiger partial charge in [-0.3, -0.25) is 0 Å². The van der Waals surface area contributed by atoms with Crippen LogP contribution < -0.4 is 4.74 Å². The topological polar surface area (TPSA) is 40.6 Å². The predicted octanol–water partition coefficient (Wildman–Crippen LogP) is 2.04. The molecule has 0 aliphatic rings. The highest BCUT2D eigenvalue weighted by atomic mass is 35.5. The van der Waals surface area contributed by atoms with Crippen molar-refractivity contribution in [2.24, 2.45) is 0 Å². The Hall–Kier alpha value is -0.840. The molecule has 1 aromatic heterocycles. The molecule has 0 aliphatic heterocycles. The van der Waals surface area contributed by atoms with Crippen LogP contribution in [0.4, 0.5) is 0 Å². The highest BCUT2D eigenvalue weighted by Crippen LogP contribution is 2.26. The molecule has 0 aromatic carbocycles. The predicted molar refractivity (Wildman–Crippen MR) is 52.6 cm³/mol. The second kappa shape index (κ2) is 5.14. The monoisotopic (exact) mass is 217 g/mol. The van der Waals surface area contributed by atoms with Crippen LogP contribution in [0, 0.1) is 0 Å². The first-order chi connectivity index (χ1) is 6.72. The number of methoxy groups -OCH3 is 3. The van der Waals surface area contributed by atoms with Gasteiger partial charge in [0.1, 0.15) is 5.15 Å². The maximum absolute atomic E-state index is 5.91. The Balaban J connectivity index is 2.98. The maximum Gasteiger partial charge on any atom is 0.214 e. The number of pyridine rings is 1. The Morgan fingerprint density at radius 1 is 1.21 bits per heavy atom. The number of hydrogen-bond acceptors (Lipinski definition) is 4. The summed E-state index contributed by atoms with van der Waals surface area (Å²) in [6, 6.07) is 3.46. The lowest BCUT2D eigenvalue weighted by Crippen LogP contribution is -2.05. The smallest absolute Gasteiger partial charge is 0.214 e. The van der Waals surface area contributed by atoms with Gasteiger partial charge in [0, 0.05) is 25.8 Å². The number of ether oxygens (including phenoxy) is 3. The summed E-state index contributed by atoms with van der Waals surface area (Å²) in [7, 11) is 4.60. The van der Waals surface area contributed by atoms with Crippen molar-refractivity contribution in [3.8, 4) is 5.88 Å². The van der Waals surface area contributed by atoms with E-state index in [0.29, 0.717) is 16.6 Å². The first-order valence-electron chi connectivity index (χ1n) is 3.99. The lowest BCUT2D eigenvalue weighted by Gasteiger charge is -2.14. The Labute approximate surface area is 87.8 Å². The fourth-order valence-corrected chi connectivity index (χ4v) is 1.30. The molecular weight excluding hydrogens is 206 g/mol. The third kappa shape index (κ3) is 2.35. The minimum absolute atomic E-state index is 0.318. The zero-order valence-electron chi connectivity index (χ0n) is 8.28. The summed E-state index contributed by atoms with van der Waals surface area (Å²) in [5.41, 5.74) is 0.678. The number of aromatic nitrogens is 1. The van der Waals surface area contributed by atoms with Crippen molar-refractivity contribution in [2.75, 3.05) is 21.3 Å². The van der Waals surface area contributed by atoms with Gasteiger partial charge in [-0.15, -0.1) is 0 Å². The van der Waals surface area contributed by atoms with Crippen molar-refractivity contribution < 1.29 is 14.2 Å². The SMILES string of the molecule is COc1ccc(C(OC)OC)c(Cl)n1. The van der Waals surface area contributed by atoms with Gasteiger partial charge in [-0.25, -0.2) is 4.98 Å². The molecule has 0 saturated carbocycles. The molecule has 0 aliphatic carbocycles. The van der Waals surface area contributed by atoms with Crippen LogP contribution in [-0.4, -0.2) is 26.3 Å². The summed E-state index contributed by atoms with van der Waals surface area (Å²) in [5, 5.41) is 0.318. The molecule has 1 heterocycles. The minimum atomic E-state index is -0.499. The number of rotatable bonds is 4. The van der Waals surface area contributed by atoms with Crippen molar-refractivity contribution in [3.05, 3.63) is 22.8 Å². The van der Waals surface area contributed by atoms with E-state index in [1.165, 1.54) is 21.3 Å². The minimum Gasteiger partial charge on any atom is -0.481 e. The third-order valence-corrected chi connectivity index (χ3v) is 2.05. The molecule has 78 valence electrons. The average molecular weight is 218 g/mol. The zero-order chi connectivity index (χ0) is 10.6. The molecule has 0 fully saturated rings. The van der Waals surface area contributed by atoms with E-state index in [4.69, 9.17) is 25.8 Å². The Morgan fingerprint density at radius 3 is 2.29 bits per heavy atom. The highest BCUT2D eigenvalue weighted by Gasteiger charge is 2.14. The van der Waals surface area contributed by atoms with Crippen molar-refractivity contribution >= 4 is 11.6 Å². The fraction of sp³-hybridized carbons (Fsp3) is 0.444. The van der Waals surface area contributed by atoms with E-state index >= 15 is 0 Å². The van der Waals surface area contributed by atoms with Crippen LogP contribution in [-0.2, 0) is 9.47 Å². The molecule has 0 radical (unpaired) electrons. The van der Waals surface area contributed by atoms with Gasteiger partial charge in [0.15, 0.2) is 6.29 Å². The summed E-state index contributed by atoms with van der Waals surface area (Å²) < 4.78 is 15.0. The quantitative estimate of drug-likeness (QED) is 0.572. The third-order valence-electron chi connectivity index (χ3n) is 1.74. The largest absolute Gasteiger partial charge is 0.481 e. The average Bonchev–Trinajstić information content (AvgIpc) is 2.22. The summed E-state index contributed by atoms with van der Waals surface area (Å²) >= 11 is 5.91. The standard InChI is InChI=1S/C9H12ClNO3/c1-12-7-5-4-6(8(10)11-7)9(13-2)14-3/h4-5,9H,1-3H3. The molecule has 0 N–H and O–H groups in total. The van der Waals surface area contributed by atoms with E-state index < -0.39 is 6.29 Å². The van der Waals surface area contributed by atoms with E-state index in [0.717, 1.165) is 0 Å². The van der Waals surface area contributed by atoms with E-state index in [1.807, 2.05) is 0 Å². The first-order valence-corrected chi connectivity index (χ1v) is 4.36. The van der Waals surface area contributed by atoms with Crippen LogP contribution in [0.5, 0.6) is 5.88 Å². The summed E-state index contributed by atoms with van der Waals surface area (Å²) in [6.07, 6.45) is -0.499. The first kappa shape index (κ1) is 11.2. The van der Waals surface area contributed by atoms with E-state index in [-0.39, 0.29) is 0 Å². The van der Waals surface area contributed by atoms with Crippen molar-refractivity contribution in [1.29, 1.82) is 0 Å². The molecule has 14 heavy (non-hydrogen) atoms. The molecule has 0 saturated heterocycles. The van der Waals surface area contributed by atoms with Crippen molar-refractivity contribution in [1.82, 2.24) is 4.98 Å². The molecule has 1 aromatic rings. The van der Waals surface area contributed by atoms with Crippen LogP contribution in [0.15, 0.2) is 12.1 Å². The van der Waals surface area contributed by atoms with Gasteiger partial charge in [-0.2, -0.15) is 0 Å². The molecule has 0 atom stereocenters. The highest BCUT2D eigenvalue weighted by molar-refractivity contribution is 6.30. The molecule has 1 rings (SSSR count). The van der Waals surface area contributed by atoms with Crippen LogP contribution in [0.2, 0.25) is 5.15 Å². The molecule has 0 bridgehead atoms. The normalized spacial score (nSPS) is 10.6. The summed E-state index contributed by atoms with van der Waals surface area (Å²) in [4.78, 5) is 3.99. The van der Waals surface area contributed by atoms with Gasteiger partial charge in [0.2, 0.25) is 5.88 Å². The van der Waals surface area contributed by atoms with Gasteiger partial charge in [0.25, 0.3) is 0 Å².